The van der Waals surface area contributed by atoms with Crippen LogP contribution in [0.3, 0.4) is 0 Å². The van der Waals surface area contributed by atoms with Crippen molar-refractivity contribution in [2.24, 2.45) is 0 Å². The zero-order chi connectivity index (χ0) is 13.7. The number of ether oxygens (including phenoxy) is 3. The lowest BCUT2D eigenvalue weighted by Crippen LogP contribution is -2.42. The van der Waals surface area contributed by atoms with Gasteiger partial charge in [0.2, 0.25) is 0 Å². The summed E-state index contributed by atoms with van der Waals surface area (Å²) in [7, 11) is 0. The van der Waals surface area contributed by atoms with Gasteiger partial charge in [0.15, 0.2) is 12.6 Å². The Morgan fingerprint density at radius 1 is 1.37 bits per heavy atom. The van der Waals surface area contributed by atoms with Crippen LogP contribution >= 0.6 is 0 Å². The van der Waals surface area contributed by atoms with Crippen LogP contribution in [-0.2, 0) is 19.0 Å². The Labute approximate surface area is 112 Å². The number of hydrogen-bond acceptors (Lipinski definition) is 5. The molecule has 0 aromatic heterocycles. The van der Waals surface area contributed by atoms with Crippen LogP contribution in [0.2, 0.25) is 0 Å². The predicted octanol–water partition coefficient (Wildman–Crippen LogP) is 2.26. The summed E-state index contributed by atoms with van der Waals surface area (Å²) in [5, 5.41) is 3.03. The lowest BCUT2D eigenvalue weighted by atomic mass is 10.2. The summed E-state index contributed by atoms with van der Waals surface area (Å²) in [6.45, 7) is 3.83. The smallest absolute Gasteiger partial charge is 0.340 e. The van der Waals surface area contributed by atoms with Gasteiger partial charge in [0.25, 0.3) is 0 Å². The molecule has 0 amide bonds. The van der Waals surface area contributed by atoms with E-state index >= 15 is 0 Å². The van der Waals surface area contributed by atoms with E-state index in [2.05, 4.69) is 5.32 Å². The maximum absolute atomic E-state index is 11.8. The van der Waals surface area contributed by atoms with E-state index in [-0.39, 0.29) is 6.29 Å². The standard InChI is InChI=1S/C14H17NO4/c1-3-17-13(16)12(14-18-10(2)19-14)9-15-11-7-5-4-6-8-11/h4-10,14-15H,3H2,1-2H3/b12-9-. The summed E-state index contributed by atoms with van der Waals surface area (Å²) in [6.07, 6.45) is 0.606. The van der Waals surface area contributed by atoms with E-state index in [1.54, 1.807) is 20.0 Å². The van der Waals surface area contributed by atoms with E-state index in [0.29, 0.717) is 12.2 Å². The highest BCUT2D eigenvalue weighted by atomic mass is 16.9. The molecule has 0 radical (unpaired) electrons. The maximum Gasteiger partial charge on any atom is 0.340 e. The summed E-state index contributed by atoms with van der Waals surface area (Å²) in [4.78, 5) is 11.8. The van der Waals surface area contributed by atoms with Crippen LogP contribution in [0.25, 0.3) is 0 Å². The van der Waals surface area contributed by atoms with Crippen LogP contribution < -0.4 is 5.32 Å². The topological polar surface area (TPSA) is 56.8 Å². The fourth-order valence-corrected chi connectivity index (χ4v) is 1.64. The van der Waals surface area contributed by atoms with Crippen molar-refractivity contribution < 1.29 is 19.0 Å². The number of hydrogen-bond donors (Lipinski definition) is 1. The van der Waals surface area contributed by atoms with Gasteiger partial charge < -0.3 is 19.5 Å². The van der Waals surface area contributed by atoms with Gasteiger partial charge in [-0.05, 0) is 26.0 Å². The molecule has 0 atom stereocenters. The van der Waals surface area contributed by atoms with Gasteiger partial charge in [0.1, 0.15) is 5.57 Å². The Morgan fingerprint density at radius 3 is 2.63 bits per heavy atom. The maximum atomic E-state index is 11.8. The molecule has 0 spiro atoms. The predicted molar refractivity (Wildman–Crippen MR) is 70.2 cm³/mol. The van der Waals surface area contributed by atoms with Crippen LogP contribution in [0.4, 0.5) is 5.69 Å². The molecule has 0 unspecified atom stereocenters. The van der Waals surface area contributed by atoms with Crippen molar-refractivity contribution in [3.05, 3.63) is 42.1 Å². The molecule has 0 bridgehead atoms. The van der Waals surface area contributed by atoms with E-state index in [0.717, 1.165) is 5.69 Å². The second kappa shape index (κ2) is 6.36. The van der Waals surface area contributed by atoms with Crippen molar-refractivity contribution in [2.45, 2.75) is 26.4 Å². The monoisotopic (exact) mass is 263 g/mol. The molecule has 1 aliphatic heterocycles. The second-order valence-electron chi connectivity index (χ2n) is 4.00. The highest BCUT2D eigenvalue weighted by Crippen LogP contribution is 2.24. The average Bonchev–Trinajstić information content (AvgIpc) is 2.38. The first-order valence-electron chi connectivity index (χ1n) is 6.20. The van der Waals surface area contributed by atoms with E-state index < -0.39 is 12.3 Å². The quantitative estimate of drug-likeness (QED) is 0.652. The lowest BCUT2D eigenvalue weighted by Gasteiger charge is -2.34. The fourth-order valence-electron chi connectivity index (χ4n) is 1.64. The van der Waals surface area contributed by atoms with Crippen LogP contribution in [0.5, 0.6) is 0 Å². The van der Waals surface area contributed by atoms with Gasteiger partial charge in [0, 0.05) is 11.9 Å². The first-order chi connectivity index (χ1) is 9.20. The zero-order valence-corrected chi connectivity index (χ0v) is 11.0. The second-order valence-corrected chi connectivity index (χ2v) is 4.00. The number of esters is 1. The molecule has 19 heavy (non-hydrogen) atoms. The Balaban J connectivity index is 2.06. The van der Waals surface area contributed by atoms with Gasteiger partial charge in [-0.3, -0.25) is 0 Å². The fraction of sp³-hybridized carbons (Fsp3) is 0.357. The number of anilines is 1. The van der Waals surface area contributed by atoms with E-state index in [1.165, 1.54) is 0 Å². The minimum Gasteiger partial charge on any atom is -0.462 e. The van der Waals surface area contributed by atoms with Crippen molar-refractivity contribution >= 4 is 11.7 Å². The van der Waals surface area contributed by atoms with Crippen LogP contribution in [0.15, 0.2) is 42.1 Å². The average molecular weight is 263 g/mol. The summed E-state index contributed by atoms with van der Waals surface area (Å²) in [6, 6.07) is 9.51. The van der Waals surface area contributed by atoms with Gasteiger partial charge in [-0.15, -0.1) is 0 Å². The van der Waals surface area contributed by atoms with Gasteiger partial charge in [0.05, 0.1) is 6.61 Å². The number of benzene rings is 1. The van der Waals surface area contributed by atoms with Crippen molar-refractivity contribution in [3.63, 3.8) is 0 Å². The minimum atomic E-state index is -0.662. The van der Waals surface area contributed by atoms with Gasteiger partial charge in [-0.1, -0.05) is 18.2 Å². The molecule has 1 saturated heterocycles. The number of rotatable bonds is 5. The van der Waals surface area contributed by atoms with Crippen molar-refractivity contribution in [1.29, 1.82) is 0 Å². The Bertz CT molecular complexity index is 452. The normalized spacial score (nSPS) is 22.5. The first-order valence-corrected chi connectivity index (χ1v) is 6.20. The Morgan fingerprint density at radius 2 is 2.05 bits per heavy atom. The highest BCUT2D eigenvalue weighted by Gasteiger charge is 2.34. The van der Waals surface area contributed by atoms with Crippen molar-refractivity contribution in [3.8, 4) is 0 Å². The summed E-state index contributed by atoms with van der Waals surface area (Å²) in [5.41, 5.74) is 1.19. The number of nitrogens with one attached hydrogen (secondary N) is 1. The van der Waals surface area contributed by atoms with Crippen LogP contribution in [0, 0.1) is 0 Å². The zero-order valence-electron chi connectivity index (χ0n) is 11.0. The highest BCUT2D eigenvalue weighted by molar-refractivity contribution is 5.89. The van der Waals surface area contributed by atoms with Crippen molar-refractivity contribution in [2.75, 3.05) is 11.9 Å². The van der Waals surface area contributed by atoms with Crippen LogP contribution in [-0.4, -0.2) is 25.2 Å². The molecule has 2 rings (SSSR count). The van der Waals surface area contributed by atoms with E-state index in [9.17, 15) is 4.79 Å². The van der Waals surface area contributed by atoms with Crippen molar-refractivity contribution in [1.82, 2.24) is 0 Å². The molecule has 0 aliphatic carbocycles. The molecule has 1 aliphatic rings. The summed E-state index contributed by atoms with van der Waals surface area (Å²) < 4.78 is 15.6. The van der Waals surface area contributed by atoms with Crippen LogP contribution in [0.1, 0.15) is 13.8 Å². The number of carbonyl (C=O) groups is 1. The summed E-state index contributed by atoms with van der Waals surface area (Å²) >= 11 is 0. The number of para-hydroxylation sites is 1. The molecule has 1 aromatic rings. The third-order valence-corrected chi connectivity index (χ3v) is 2.56. The van der Waals surface area contributed by atoms with Gasteiger partial charge >= 0.3 is 5.97 Å². The minimum absolute atomic E-state index is 0.292. The molecular formula is C14H17NO4. The largest absolute Gasteiger partial charge is 0.462 e. The lowest BCUT2D eigenvalue weighted by molar-refractivity contribution is -0.358. The Hall–Kier alpha value is -1.85. The first kappa shape index (κ1) is 13.6. The van der Waals surface area contributed by atoms with Gasteiger partial charge in [-0.2, -0.15) is 0 Å². The molecule has 1 aromatic carbocycles. The molecule has 1 heterocycles. The molecule has 1 fully saturated rings. The van der Waals surface area contributed by atoms with E-state index in [1.807, 2.05) is 30.3 Å². The molecule has 0 saturated carbocycles. The molecule has 1 N–H and O–H groups in total. The van der Waals surface area contributed by atoms with E-state index in [4.69, 9.17) is 14.2 Å². The molecule has 102 valence electrons. The van der Waals surface area contributed by atoms with Gasteiger partial charge in [-0.25, -0.2) is 4.79 Å². The summed E-state index contributed by atoms with van der Waals surface area (Å²) in [5.74, 6) is -0.442. The molecule has 5 nitrogen and oxygen atoms in total. The SMILES string of the molecule is CCOC(=O)/C(=C/Nc1ccccc1)C1OC(C)O1. The third kappa shape index (κ3) is 3.56. The molecular weight excluding hydrogens is 246 g/mol. The molecule has 5 heteroatoms. The number of carbonyl (C=O) groups excluding carboxylic acids is 1. The Kier molecular flexibility index (Phi) is 4.54. The third-order valence-electron chi connectivity index (χ3n) is 2.56.